The highest BCUT2D eigenvalue weighted by atomic mass is 16.6. The molecule has 0 spiro atoms. The number of likely N-dealkylation sites (tertiary alicyclic amines) is 2. The van der Waals surface area contributed by atoms with Gasteiger partial charge < -0.3 is 15.1 Å². The van der Waals surface area contributed by atoms with Crippen molar-refractivity contribution in [2.45, 2.75) is 38.8 Å². The number of carbonyl (C=O) groups is 2. The third kappa shape index (κ3) is 4.52. The number of amides is 2. The van der Waals surface area contributed by atoms with Gasteiger partial charge in [0.05, 0.1) is 4.92 Å². The van der Waals surface area contributed by atoms with E-state index in [1.165, 1.54) is 17.7 Å². The molecular formula is C23H26N4O4. The molecule has 2 aromatic carbocycles. The number of anilines is 1. The first-order valence-electron chi connectivity index (χ1n) is 10.6. The second kappa shape index (κ2) is 8.75. The van der Waals surface area contributed by atoms with E-state index in [1.54, 1.807) is 11.0 Å². The van der Waals surface area contributed by atoms with E-state index >= 15 is 0 Å². The summed E-state index contributed by atoms with van der Waals surface area (Å²) in [6, 6.07) is 12.1. The summed E-state index contributed by atoms with van der Waals surface area (Å²) in [6.07, 6.45) is 2.45. The first-order chi connectivity index (χ1) is 14.9. The maximum absolute atomic E-state index is 12.9. The quantitative estimate of drug-likeness (QED) is 0.569. The number of carbonyl (C=O) groups excluding carboxylic acids is 2. The van der Waals surface area contributed by atoms with Crippen molar-refractivity contribution in [3.05, 3.63) is 69.3 Å². The lowest BCUT2D eigenvalue weighted by Crippen LogP contribution is -2.33. The summed E-state index contributed by atoms with van der Waals surface area (Å²) in [6.45, 7) is 4.44. The average Bonchev–Trinajstić information content (AvgIpc) is 3.41. The number of aryl methyl sites for hydroxylation is 1. The van der Waals surface area contributed by atoms with E-state index in [4.69, 9.17) is 0 Å². The fraction of sp³-hybridized carbons (Fsp3) is 0.391. The number of hydrogen-bond donors (Lipinski definition) is 1. The predicted octanol–water partition coefficient (Wildman–Crippen LogP) is 3.35. The molecule has 0 aliphatic carbocycles. The van der Waals surface area contributed by atoms with Gasteiger partial charge in [0, 0.05) is 37.9 Å². The molecule has 2 aromatic rings. The van der Waals surface area contributed by atoms with Gasteiger partial charge in [-0.3, -0.25) is 19.7 Å². The van der Waals surface area contributed by atoms with Crippen molar-refractivity contribution in [2.75, 3.05) is 25.0 Å². The van der Waals surface area contributed by atoms with Gasteiger partial charge in [-0.05, 0) is 43.9 Å². The van der Waals surface area contributed by atoms with Gasteiger partial charge in [0.25, 0.3) is 11.6 Å². The van der Waals surface area contributed by atoms with Crippen molar-refractivity contribution in [3.63, 3.8) is 0 Å². The lowest BCUT2D eigenvalue weighted by Gasteiger charge is -2.19. The van der Waals surface area contributed by atoms with Crippen LogP contribution in [0.25, 0.3) is 0 Å². The molecular weight excluding hydrogens is 396 g/mol. The summed E-state index contributed by atoms with van der Waals surface area (Å²) >= 11 is 0. The van der Waals surface area contributed by atoms with Crippen LogP contribution in [0.2, 0.25) is 0 Å². The topological polar surface area (TPSA) is 95.8 Å². The minimum absolute atomic E-state index is 0.00801. The molecule has 1 unspecified atom stereocenters. The van der Waals surface area contributed by atoms with Crippen molar-refractivity contribution < 1.29 is 14.5 Å². The van der Waals surface area contributed by atoms with Gasteiger partial charge in [-0.2, -0.15) is 0 Å². The number of hydrogen-bond acceptors (Lipinski definition) is 5. The molecule has 0 radical (unpaired) electrons. The highest BCUT2D eigenvalue weighted by molar-refractivity contribution is 5.99. The number of rotatable bonds is 6. The van der Waals surface area contributed by atoms with Crippen LogP contribution in [0.3, 0.4) is 0 Å². The minimum atomic E-state index is -0.531. The van der Waals surface area contributed by atoms with Crippen molar-refractivity contribution in [1.82, 2.24) is 9.80 Å². The lowest BCUT2D eigenvalue weighted by atomic mass is 10.1. The molecule has 0 bridgehead atoms. The molecule has 2 heterocycles. The molecule has 2 aliphatic rings. The normalized spacial score (nSPS) is 18.5. The van der Waals surface area contributed by atoms with Crippen LogP contribution in [0.1, 0.15) is 40.7 Å². The number of nitro benzene ring substituents is 1. The summed E-state index contributed by atoms with van der Waals surface area (Å²) in [5.41, 5.74) is 2.66. The van der Waals surface area contributed by atoms with E-state index in [0.717, 1.165) is 18.4 Å². The molecule has 1 atom stereocenters. The molecule has 162 valence electrons. The van der Waals surface area contributed by atoms with Crippen LogP contribution < -0.4 is 5.32 Å². The molecule has 8 nitrogen and oxygen atoms in total. The summed E-state index contributed by atoms with van der Waals surface area (Å²) in [5, 5.41) is 14.6. The third-order valence-electron chi connectivity index (χ3n) is 5.95. The monoisotopic (exact) mass is 422 g/mol. The highest BCUT2D eigenvalue weighted by Gasteiger charge is 2.32. The zero-order valence-electron chi connectivity index (χ0n) is 17.5. The smallest absolute Gasteiger partial charge is 0.282 e. The zero-order valence-corrected chi connectivity index (χ0v) is 17.5. The number of benzene rings is 2. The van der Waals surface area contributed by atoms with Gasteiger partial charge in [0.1, 0.15) is 11.6 Å². The van der Waals surface area contributed by atoms with Gasteiger partial charge >= 0.3 is 0 Å². The van der Waals surface area contributed by atoms with E-state index in [2.05, 4.69) is 5.32 Å². The Morgan fingerprint density at radius 1 is 1.13 bits per heavy atom. The van der Waals surface area contributed by atoms with Gasteiger partial charge in [-0.15, -0.1) is 0 Å². The molecule has 4 rings (SSSR count). The Labute approximate surface area is 181 Å². The second-order valence-corrected chi connectivity index (χ2v) is 8.22. The molecule has 2 amide bonds. The van der Waals surface area contributed by atoms with Crippen molar-refractivity contribution in [2.24, 2.45) is 0 Å². The average molecular weight is 422 g/mol. The van der Waals surface area contributed by atoms with Gasteiger partial charge in [0.15, 0.2) is 0 Å². The van der Waals surface area contributed by atoms with Crippen LogP contribution >= 0.6 is 0 Å². The predicted molar refractivity (Wildman–Crippen MR) is 117 cm³/mol. The molecule has 2 aliphatic heterocycles. The van der Waals surface area contributed by atoms with Crippen LogP contribution in [-0.2, 0) is 11.3 Å². The molecule has 2 saturated heterocycles. The first-order valence-corrected chi connectivity index (χ1v) is 10.6. The van der Waals surface area contributed by atoms with E-state index in [1.807, 2.05) is 36.1 Å². The zero-order chi connectivity index (χ0) is 22.0. The number of nitro groups is 1. The Hall–Kier alpha value is -3.42. The number of nitrogens with zero attached hydrogens (tertiary/aromatic N) is 3. The molecule has 8 heteroatoms. The van der Waals surface area contributed by atoms with E-state index in [9.17, 15) is 19.7 Å². The Morgan fingerprint density at radius 3 is 2.52 bits per heavy atom. The van der Waals surface area contributed by atoms with E-state index < -0.39 is 11.0 Å². The largest absolute Gasteiger partial charge is 0.374 e. The SMILES string of the molecule is Cc1ccc(CN2CCC(Nc3ccc([N+](=O)[O-])c(C(=O)N4CCCC4)c3)C2=O)cc1. The molecule has 31 heavy (non-hydrogen) atoms. The van der Waals surface area contributed by atoms with Crippen LogP contribution in [0.15, 0.2) is 42.5 Å². The van der Waals surface area contributed by atoms with Crippen LogP contribution in [-0.4, -0.2) is 52.2 Å². The Bertz CT molecular complexity index is 999. The highest BCUT2D eigenvalue weighted by Crippen LogP contribution is 2.27. The maximum Gasteiger partial charge on any atom is 0.282 e. The van der Waals surface area contributed by atoms with Crippen LogP contribution in [0, 0.1) is 17.0 Å². The summed E-state index contributed by atoms with van der Waals surface area (Å²) in [5.74, 6) is -0.335. The summed E-state index contributed by atoms with van der Waals surface area (Å²) in [7, 11) is 0. The lowest BCUT2D eigenvalue weighted by molar-refractivity contribution is -0.385. The summed E-state index contributed by atoms with van der Waals surface area (Å²) in [4.78, 5) is 40.1. The summed E-state index contributed by atoms with van der Waals surface area (Å²) < 4.78 is 0. The second-order valence-electron chi connectivity index (χ2n) is 8.22. The minimum Gasteiger partial charge on any atom is -0.374 e. The van der Waals surface area contributed by atoms with Gasteiger partial charge in [-0.1, -0.05) is 29.8 Å². The Balaban J connectivity index is 1.48. The standard InChI is InChI=1S/C23H26N4O4/c1-16-4-6-17(7-5-16)15-26-13-10-20(23(26)29)24-18-8-9-21(27(30)31)19(14-18)22(28)25-11-2-3-12-25/h4-9,14,20,24H,2-3,10-13,15H2,1H3. The molecule has 2 fully saturated rings. The first kappa shape index (κ1) is 20.8. The van der Waals surface area contributed by atoms with Crippen molar-refractivity contribution in [3.8, 4) is 0 Å². The van der Waals surface area contributed by atoms with Gasteiger partial charge in [-0.25, -0.2) is 0 Å². The molecule has 0 aromatic heterocycles. The molecule has 0 saturated carbocycles. The van der Waals surface area contributed by atoms with Crippen molar-refractivity contribution >= 4 is 23.2 Å². The number of nitrogens with one attached hydrogen (secondary N) is 1. The molecule has 1 N–H and O–H groups in total. The van der Waals surface area contributed by atoms with E-state index in [-0.39, 0.29) is 23.1 Å². The van der Waals surface area contributed by atoms with Gasteiger partial charge in [0.2, 0.25) is 5.91 Å². The Morgan fingerprint density at radius 2 is 1.84 bits per heavy atom. The van der Waals surface area contributed by atoms with Crippen molar-refractivity contribution in [1.29, 1.82) is 0 Å². The fourth-order valence-electron chi connectivity index (χ4n) is 4.19. The van der Waals surface area contributed by atoms with E-state index in [0.29, 0.717) is 38.3 Å². The Kier molecular flexibility index (Phi) is 5.88. The van der Waals surface area contributed by atoms with Crippen LogP contribution in [0.5, 0.6) is 0 Å². The fourth-order valence-corrected chi connectivity index (χ4v) is 4.19. The third-order valence-corrected chi connectivity index (χ3v) is 5.95. The maximum atomic E-state index is 12.9. The van der Waals surface area contributed by atoms with Crippen LogP contribution in [0.4, 0.5) is 11.4 Å².